The highest BCUT2D eigenvalue weighted by molar-refractivity contribution is 7.10. The van der Waals surface area contributed by atoms with Crippen LogP contribution in [0, 0.1) is 13.8 Å². The number of esters is 2. The van der Waals surface area contributed by atoms with E-state index in [1.165, 1.54) is 11.3 Å². The SMILES string of the molecule is CCOC(=O)c1c(C)[nH]c(C(=O)OCC(=O)N[C@H](C)c2cccs2)c1C. The molecule has 1 amide bonds. The molecule has 2 aromatic rings. The minimum atomic E-state index is -0.694. The molecule has 0 aliphatic carbocycles. The molecule has 0 aromatic carbocycles. The summed E-state index contributed by atoms with van der Waals surface area (Å²) < 4.78 is 10.1. The van der Waals surface area contributed by atoms with Crippen molar-refractivity contribution in [3.63, 3.8) is 0 Å². The Morgan fingerprint density at radius 1 is 1.23 bits per heavy atom. The van der Waals surface area contributed by atoms with E-state index in [1.54, 1.807) is 20.8 Å². The van der Waals surface area contributed by atoms with Gasteiger partial charge < -0.3 is 19.8 Å². The van der Waals surface area contributed by atoms with Crippen LogP contribution in [-0.2, 0) is 14.3 Å². The molecule has 0 saturated heterocycles. The number of rotatable bonds is 7. The van der Waals surface area contributed by atoms with Gasteiger partial charge in [0.1, 0.15) is 5.69 Å². The Morgan fingerprint density at radius 3 is 2.58 bits per heavy atom. The first-order chi connectivity index (χ1) is 12.3. The Morgan fingerprint density at radius 2 is 1.96 bits per heavy atom. The molecule has 0 radical (unpaired) electrons. The van der Waals surface area contributed by atoms with Crippen LogP contribution in [0.5, 0.6) is 0 Å². The van der Waals surface area contributed by atoms with Crippen molar-refractivity contribution in [2.24, 2.45) is 0 Å². The molecule has 2 heterocycles. The molecule has 0 bridgehead atoms. The molecule has 7 nitrogen and oxygen atoms in total. The summed E-state index contributed by atoms with van der Waals surface area (Å²) in [4.78, 5) is 40.0. The first kappa shape index (κ1) is 19.7. The van der Waals surface area contributed by atoms with E-state index < -0.39 is 24.5 Å². The molecule has 0 aliphatic heterocycles. The molecule has 0 saturated carbocycles. The number of carbonyl (C=O) groups excluding carboxylic acids is 3. The topological polar surface area (TPSA) is 97.5 Å². The number of amides is 1. The van der Waals surface area contributed by atoms with Gasteiger partial charge >= 0.3 is 11.9 Å². The smallest absolute Gasteiger partial charge is 0.355 e. The van der Waals surface area contributed by atoms with E-state index >= 15 is 0 Å². The molecule has 2 rings (SSSR count). The lowest BCUT2D eigenvalue weighted by Crippen LogP contribution is -2.30. The minimum Gasteiger partial charge on any atom is -0.462 e. The van der Waals surface area contributed by atoms with Crippen molar-refractivity contribution in [2.45, 2.75) is 33.7 Å². The van der Waals surface area contributed by atoms with E-state index in [4.69, 9.17) is 9.47 Å². The number of aromatic nitrogens is 1. The third kappa shape index (κ3) is 4.51. The fourth-order valence-corrected chi connectivity index (χ4v) is 3.29. The van der Waals surface area contributed by atoms with E-state index in [1.807, 2.05) is 24.4 Å². The van der Waals surface area contributed by atoms with Crippen LogP contribution in [-0.4, -0.2) is 36.0 Å². The molecule has 0 aliphatic rings. The molecule has 2 N–H and O–H groups in total. The van der Waals surface area contributed by atoms with Crippen molar-refractivity contribution in [3.05, 3.63) is 44.9 Å². The Balaban J connectivity index is 1.96. The van der Waals surface area contributed by atoms with Crippen LogP contribution in [0.25, 0.3) is 0 Å². The van der Waals surface area contributed by atoms with Gasteiger partial charge in [-0.25, -0.2) is 9.59 Å². The molecule has 2 aromatic heterocycles. The lowest BCUT2D eigenvalue weighted by Gasteiger charge is -2.12. The second kappa shape index (κ2) is 8.66. The largest absolute Gasteiger partial charge is 0.462 e. The van der Waals surface area contributed by atoms with Gasteiger partial charge in [0, 0.05) is 10.6 Å². The van der Waals surface area contributed by atoms with Crippen LogP contribution in [0.4, 0.5) is 0 Å². The maximum Gasteiger partial charge on any atom is 0.355 e. The fourth-order valence-electron chi connectivity index (χ4n) is 2.56. The molecule has 0 unspecified atom stereocenters. The fraction of sp³-hybridized carbons (Fsp3) is 0.389. The Hall–Kier alpha value is -2.61. The molecule has 140 valence electrons. The summed E-state index contributed by atoms with van der Waals surface area (Å²) >= 11 is 1.54. The molecule has 26 heavy (non-hydrogen) atoms. The van der Waals surface area contributed by atoms with Crippen LogP contribution < -0.4 is 5.32 Å². The van der Waals surface area contributed by atoms with E-state index in [-0.39, 0.29) is 18.3 Å². The first-order valence-electron chi connectivity index (χ1n) is 8.21. The van der Waals surface area contributed by atoms with Crippen molar-refractivity contribution >= 4 is 29.2 Å². The Labute approximate surface area is 155 Å². The number of H-pyrrole nitrogens is 1. The minimum absolute atomic E-state index is 0.143. The number of ether oxygens (including phenoxy) is 2. The number of hydrogen-bond donors (Lipinski definition) is 2. The van der Waals surface area contributed by atoms with Gasteiger partial charge in [-0.3, -0.25) is 4.79 Å². The molecule has 0 fully saturated rings. The van der Waals surface area contributed by atoms with Gasteiger partial charge in [-0.15, -0.1) is 11.3 Å². The summed E-state index contributed by atoms with van der Waals surface area (Å²) in [5, 5.41) is 4.69. The average molecular weight is 378 g/mol. The number of hydrogen-bond acceptors (Lipinski definition) is 6. The molecule has 1 atom stereocenters. The second-order valence-corrected chi connectivity index (χ2v) is 6.71. The van der Waals surface area contributed by atoms with Crippen molar-refractivity contribution < 1.29 is 23.9 Å². The number of carbonyl (C=O) groups is 3. The van der Waals surface area contributed by atoms with E-state index in [0.717, 1.165) is 4.88 Å². The van der Waals surface area contributed by atoms with Gasteiger partial charge in [-0.05, 0) is 44.7 Å². The highest BCUT2D eigenvalue weighted by Crippen LogP contribution is 2.20. The lowest BCUT2D eigenvalue weighted by molar-refractivity contribution is -0.124. The van der Waals surface area contributed by atoms with Crippen molar-refractivity contribution in [3.8, 4) is 0 Å². The maximum atomic E-state index is 12.2. The zero-order valence-electron chi connectivity index (χ0n) is 15.2. The van der Waals surface area contributed by atoms with Crippen LogP contribution in [0.2, 0.25) is 0 Å². The van der Waals surface area contributed by atoms with Gasteiger partial charge in [0.2, 0.25) is 0 Å². The Bertz CT molecular complexity index is 795. The highest BCUT2D eigenvalue weighted by atomic mass is 32.1. The number of nitrogens with one attached hydrogen (secondary N) is 2. The van der Waals surface area contributed by atoms with E-state index in [2.05, 4.69) is 10.3 Å². The van der Waals surface area contributed by atoms with Crippen LogP contribution in [0.3, 0.4) is 0 Å². The van der Waals surface area contributed by atoms with Gasteiger partial charge in [0.25, 0.3) is 5.91 Å². The van der Waals surface area contributed by atoms with Gasteiger partial charge in [0.15, 0.2) is 6.61 Å². The summed E-state index contributed by atoms with van der Waals surface area (Å²) in [7, 11) is 0. The summed E-state index contributed by atoms with van der Waals surface area (Å²) in [6.07, 6.45) is 0. The maximum absolute atomic E-state index is 12.2. The Kier molecular flexibility index (Phi) is 6.57. The predicted molar refractivity (Wildman–Crippen MR) is 97.4 cm³/mol. The molecule has 8 heteroatoms. The van der Waals surface area contributed by atoms with E-state index in [9.17, 15) is 14.4 Å². The van der Waals surface area contributed by atoms with Gasteiger partial charge in [0.05, 0.1) is 18.2 Å². The van der Waals surface area contributed by atoms with Crippen LogP contribution in [0.1, 0.15) is 56.9 Å². The summed E-state index contributed by atoms with van der Waals surface area (Å²) in [5.41, 5.74) is 1.42. The third-order valence-electron chi connectivity index (χ3n) is 3.80. The summed E-state index contributed by atoms with van der Waals surface area (Å²) in [6.45, 7) is 6.71. The van der Waals surface area contributed by atoms with Crippen molar-refractivity contribution in [2.75, 3.05) is 13.2 Å². The predicted octanol–water partition coefficient (Wildman–Crippen LogP) is 2.90. The molecular formula is C18H22N2O5S. The average Bonchev–Trinajstić information content (AvgIpc) is 3.21. The monoisotopic (exact) mass is 378 g/mol. The first-order valence-corrected chi connectivity index (χ1v) is 9.09. The van der Waals surface area contributed by atoms with Crippen LogP contribution in [0.15, 0.2) is 17.5 Å². The third-order valence-corrected chi connectivity index (χ3v) is 4.86. The summed E-state index contributed by atoms with van der Waals surface area (Å²) in [6, 6.07) is 3.66. The lowest BCUT2D eigenvalue weighted by atomic mass is 10.1. The number of aromatic amines is 1. The second-order valence-electron chi connectivity index (χ2n) is 5.73. The molecular weight excluding hydrogens is 356 g/mol. The quantitative estimate of drug-likeness (QED) is 0.722. The van der Waals surface area contributed by atoms with E-state index in [0.29, 0.717) is 16.8 Å². The van der Waals surface area contributed by atoms with Crippen molar-refractivity contribution in [1.29, 1.82) is 0 Å². The van der Waals surface area contributed by atoms with Gasteiger partial charge in [-0.1, -0.05) is 6.07 Å². The van der Waals surface area contributed by atoms with Gasteiger partial charge in [-0.2, -0.15) is 0 Å². The zero-order valence-corrected chi connectivity index (χ0v) is 16.0. The standard InChI is InChI=1S/C18H22N2O5S/c1-5-24-17(22)15-10(2)16(20-12(15)4)18(23)25-9-14(21)19-11(3)13-7-6-8-26-13/h6-8,11,20H,5,9H2,1-4H3,(H,19,21)/t11-/m1/s1. The number of thiophene rings is 1. The van der Waals surface area contributed by atoms with Crippen LogP contribution >= 0.6 is 11.3 Å². The number of aryl methyl sites for hydroxylation is 1. The zero-order chi connectivity index (χ0) is 19.3. The highest BCUT2D eigenvalue weighted by Gasteiger charge is 2.24. The molecule has 0 spiro atoms. The van der Waals surface area contributed by atoms with Crippen molar-refractivity contribution in [1.82, 2.24) is 10.3 Å². The normalized spacial score (nSPS) is 11.7. The summed E-state index contributed by atoms with van der Waals surface area (Å²) in [5.74, 6) is -1.59.